The summed E-state index contributed by atoms with van der Waals surface area (Å²) in [5.41, 5.74) is 2.49. The molecule has 0 amide bonds. The van der Waals surface area contributed by atoms with Crippen LogP contribution in [-0.4, -0.2) is 17.7 Å². The predicted octanol–water partition coefficient (Wildman–Crippen LogP) is 7.02. The van der Waals surface area contributed by atoms with Crippen LogP contribution in [0, 0.1) is 0 Å². The summed E-state index contributed by atoms with van der Waals surface area (Å²) in [6.45, 7) is 2.99. The van der Waals surface area contributed by atoms with Crippen molar-refractivity contribution in [2.45, 2.75) is 45.4 Å². The summed E-state index contributed by atoms with van der Waals surface area (Å²) in [5, 5.41) is 9.31. The monoisotopic (exact) mass is 418 g/mol. The number of hydrogen-bond donors (Lipinski definition) is 1. The van der Waals surface area contributed by atoms with E-state index < -0.39 is 5.97 Å². The number of ether oxygens (including phenoxy) is 2. The summed E-state index contributed by atoms with van der Waals surface area (Å²) in [4.78, 5) is 12.2. The van der Waals surface area contributed by atoms with Gasteiger partial charge in [-0.3, -0.25) is 0 Å². The van der Waals surface area contributed by atoms with E-state index in [1.54, 1.807) is 12.1 Å². The van der Waals surface area contributed by atoms with Gasteiger partial charge in [-0.05, 0) is 66.1 Å². The Morgan fingerprint density at radius 3 is 1.87 bits per heavy atom. The largest absolute Gasteiger partial charge is 0.508 e. The number of benzene rings is 3. The second-order valence-corrected chi connectivity index (χ2v) is 7.60. The van der Waals surface area contributed by atoms with Crippen molar-refractivity contribution in [1.82, 2.24) is 0 Å². The van der Waals surface area contributed by atoms with Crippen molar-refractivity contribution in [2.24, 2.45) is 0 Å². The fourth-order valence-corrected chi connectivity index (χ4v) is 3.29. The van der Waals surface area contributed by atoms with Crippen molar-refractivity contribution in [3.63, 3.8) is 0 Å². The first-order chi connectivity index (χ1) is 15.2. The Morgan fingerprint density at radius 2 is 1.26 bits per heavy atom. The molecule has 0 radical (unpaired) electrons. The molecule has 0 aliphatic heterocycles. The Balaban J connectivity index is 1.48. The minimum atomic E-state index is -0.459. The summed E-state index contributed by atoms with van der Waals surface area (Å²) in [6, 6.07) is 21.4. The standard InChI is InChI=1S/C27H30O4/c1-2-3-4-5-6-7-20-30-25-16-10-21(11-17-25)22-12-18-26(19-13-22)31-27(29)23-8-14-24(28)15-9-23/h8-19,28H,2-7,20H2,1H3. The topological polar surface area (TPSA) is 55.8 Å². The first kappa shape index (κ1) is 22.4. The van der Waals surface area contributed by atoms with Crippen LogP contribution in [0.25, 0.3) is 11.1 Å². The van der Waals surface area contributed by atoms with E-state index in [2.05, 4.69) is 6.92 Å². The fourth-order valence-electron chi connectivity index (χ4n) is 3.29. The van der Waals surface area contributed by atoms with E-state index in [4.69, 9.17) is 9.47 Å². The van der Waals surface area contributed by atoms with Crippen LogP contribution in [0.4, 0.5) is 0 Å². The Bertz CT molecular complexity index is 928. The molecule has 0 aliphatic rings. The summed E-state index contributed by atoms with van der Waals surface area (Å²) < 4.78 is 11.2. The maximum Gasteiger partial charge on any atom is 0.343 e. The van der Waals surface area contributed by atoms with Gasteiger partial charge in [-0.2, -0.15) is 0 Å². The first-order valence-corrected chi connectivity index (χ1v) is 11.0. The molecule has 0 fully saturated rings. The lowest BCUT2D eigenvalue weighted by Gasteiger charge is -2.09. The molecule has 0 aliphatic carbocycles. The third-order valence-electron chi connectivity index (χ3n) is 5.12. The number of carbonyl (C=O) groups is 1. The lowest BCUT2D eigenvalue weighted by atomic mass is 10.1. The number of carbonyl (C=O) groups excluding carboxylic acids is 1. The Morgan fingerprint density at radius 1 is 0.710 bits per heavy atom. The van der Waals surface area contributed by atoms with E-state index in [1.807, 2.05) is 36.4 Å². The zero-order valence-corrected chi connectivity index (χ0v) is 18.0. The molecule has 3 aromatic rings. The van der Waals surface area contributed by atoms with Crippen LogP contribution in [0.1, 0.15) is 55.8 Å². The van der Waals surface area contributed by atoms with E-state index in [0.717, 1.165) is 29.9 Å². The number of hydrogen-bond acceptors (Lipinski definition) is 4. The van der Waals surface area contributed by atoms with Gasteiger partial charge in [0, 0.05) is 0 Å². The SMILES string of the molecule is CCCCCCCCOc1ccc(-c2ccc(OC(=O)c3ccc(O)cc3)cc2)cc1. The van der Waals surface area contributed by atoms with Gasteiger partial charge in [0.05, 0.1) is 12.2 Å². The van der Waals surface area contributed by atoms with Crippen molar-refractivity contribution >= 4 is 5.97 Å². The Kier molecular flexibility index (Phi) is 8.53. The van der Waals surface area contributed by atoms with Crippen LogP contribution in [0.2, 0.25) is 0 Å². The molecule has 0 spiro atoms. The summed E-state index contributed by atoms with van der Waals surface area (Å²) in [6.07, 6.45) is 7.52. The minimum Gasteiger partial charge on any atom is -0.508 e. The molecule has 0 bridgehead atoms. The number of phenols is 1. The molecule has 0 saturated carbocycles. The van der Waals surface area contributed by atoms with Gasteiger partial charge in [0.1, 0.15) is 17.2 Å². The van der Waals surface area contributed by atoms with Gasteiger partial charge in [-0.25, -0.2) is 4.79 Å². The average molecular weight is 419 g/mol. The highest BCUT2D eigenvalue weighted by Crippen LogP contribution is 2.25. The van der Waals surface area contributed by atoms with Crippen LogP contribution in [-0.2, 0) is 0 Å². The molecule has 4 heteroatoms. The van der Waals surface area contributed by atoms with E-state index in [0.29, 0.717) is 11.3 Å². The van der Waals surface area contributed by atoms with Crippen molar-refractivity contribution in [3.05, 3.63) is 78.4 Å². The van der Waals surface area contributed by atoms with Crippen LogP contribution >= 0.6 is 0 Å². The molecular weight excluding hydrogens is 388 g/mol. The van der Waals surface area contributed by atoms with Gasteiger partial charge < -0.3 is 14.6 Å². The molecule has 162 valence electrons. The van der Waals surface area contributed by atoms with Gasteiger partial charge in [-0.15, -0.1) is 0 Å². The Hall–Kier alpha value is -3.27. The smallest absolute Gasteiger partial charge is 0.343 e. The molecule has 3 rings (SSSR count). The molecule has 3 aromatic carbocycles. The van der Waals surface area contributed by atoms with E-state index in [1.165, 1.54) is 56.4 Å². The third-order valence-corrected chi connectivity index (χ3v) is 5.12. The molecule has 1 N–H and O–H groups in total. The van der Waals surface area contributed by atoms with Gasteiger partial charge in [0.25, 0.3) is 0 Å². The molecule has 0 heterocycles. The maximum atomic E-state index is 12.2. The number of unbranched alkanes of at least 4 members (excludes halogenated alkanes) is 5. The predicted molar refractivity (Wildman–Crippen MR) is 124 cm³/mol. The van der Waals surface area contributed by atoms with Gasteiger partial charge in [0.2, 0.25) is 0 Å². The normalized spacial score (nSPS) is 10.6. The van der Waals surface area contributed by atoms with Crippen molar-refractivity contribution < 1.29 is 19.4 Å². The third kappa shape index (κ3) is 7.18. The maximum absolute atomic E-state index is 12.2. The quantitative estimate of drug-likeness (QED) is 0.207. The Labute approximate surface area is 184 Å². The van der Waals surface area contributed by atoms with Crippen molar-refractivity contribution in [1.29, 1.82) is 0 Å². The lowest BCUT2D eigenvalue weighted by Crippen LogP contribution is -2.07. The van der Waals surface area contributed by atoms with Crippen LogP contribution in [0.3, 0.4) is 0 Å². The number of rotatable bonds is 11. The molecule has 4 nitrogen and oxygen atoms in total. The molecular formula is C27H30O4. The van der Waals surface area contributed by atoms with Crippen LogP contribution in [0.15, 0.2) is 72.8 Å². The molecule has 31 heavy (non-hydrogen) atoms. The number of esters is 1. The highest BCUT2D eigenvalue weighted by atomic mass is 16.5. The van der Waals surface area contributed by atoms with Gasteiger partial charge in [0.15, 0.2) is 0 Å². The van der Waals surface area contributed by atoms with Crippen molar-refractivity contribution in [2.75, 3.05) is 6.61 Å². The second-order valence-electron chi connectivity index (χ2n) is 7.60. The first-order valence-electron chi connectivity index (χ1n) is 11.0. The van der Waals surface area contributed by atoms with Gasteiger partial charge in [-0.1, -0.05) is 63.3 Å². The lowest BCUT2D eigenvalue weighted by molar-refractivity contribution is 0.0735. The average Bonchev–Trinajstić information content (AvgIpc) is 2.80. The zero-order chi connectivity index (χ0) is 21.9. The number of phenolic OH excluding ortho intramolecular Hbond substituents is 1. The fraction of sp³-hybridized carbons (Fsp3) is 0.296. The van der Waals surface area contributed by atoms with Gasteiger partial charge >= 0.3 is 5.97 Å². The van der Waals surface area contributed by atoms with Crippen LogP contribution in [0.5, 0.6) is 17.2 Å². The van der Waals surface area contributed by atoms with Crippen LogP contribution < -0.4 is 9.47 Å². The highest BCUT2D eigenvalue weighted by molar-refractivity contribution is 5.91. The molecule has 0 saturated heterocycles. The van der Waals surface area contributed by atoms with E-state index >= 15 is 0 Å². The van der Waals surface area contributed by atoms with Crippen molar-refractivity contribution in [3.8, 4) is 28.4 Å². The van der Waals surface area contributed by atoms with E-state index in [-0.39, 0.29) is 5.75 Å². The molecule has 0 aromatic heterocycles. The zero-order valence-electron chi connectivity index (χ0n) is 18.0. The summed E-state index contributed by atoms with van der Waals surface area (Å²) in [7, 11) is 0. The number of aromatic hydroxyl groups is 1. The highest BCUT2D eigenvalue weighted by Gasteiger charge is 2.09. The second kappa shape index (κ2) is 11.8. The summed E-state index contributed by atoms with van der Waals surface area (Å²) in [5.74, 6) is 1.01. The van der Waals surface area contributed by atoms with E-state index in [9.17, 15) is 9.90 Å². The minimum absolute atomic E-state index is 0.111. The summed E-state index contributed by atoms with van der Waals surface area (Å²) >= 11 is 0. The molecule has 0 unspecified atom stereocenters. The molecule has 0 atom stereocenters.